The molecule has 0 bridgehead atoms. The molecule has 0 amide bonds. The summed E-state index contributed by atoms with van der Waals surface area (Å²) in [6.45, 7) is 6.18. The molecule has 0 aliphatic rings. The van der Waals surface area contributed by atoms with Gasteiger partial charge in [0.2, 0.25) is 0 Å². The van der Waals surface area contributed by atoms with Crippen LogP contribution in [0.15, 0.2) is 5.38 Å². The quantitative estimate of drug-likeness (QED) is 0.803. The van der Waals surface area contributed by atoms with Gasteiger partial charge < -0.3 is 10.5 Å². The van der Waals surface area contributed by atoms with Crippen LogP contribution in [-0.4, -0.2) is 17.6 Å². The first-order valence-electron chi connectivity index (χ1n) is 4.94. The fourth-order valence-corrected chi connectivity index (χ4v) is 1.99. The molecular formula is C10H18Br2N2O2S. The van der Waals surface area contributed by atoms with Gasteiger partial charge in [0.15, 0.2) is 5.69 Å². The maximum atomic E-state index is 11.3. The summed E-state index contributed by atoms with van der Waals surface area (Å²) in [7, 11) is 0. The molecular weight excluding hydrogens is 372 g/mol. The van der Waals surface area contributed by atoms with E-state index in [-0.39, 0.29) is 46.0 Å². The van der Waals surface area contributed by atoms with E-state index < -0.39 is 0 Å². The zero-order valence-electron chi connectivity index (χ0n) is 10.0. The predicted octanol–water partition coefficient (Wildman–Crippen LogP) is 3.13. The highest BCUT2D eigenvalue weighted by Crippen LogP contribution is 2.22. The summed E-state index contributed by atoms with van der Waals surface area (Å²) in [6, 6.07) is -0.113. The van der Waals surface area contributed by atoms with Crippen LogP contribution in [0.1, 0.15) is 42.3 Å². The molecule has 0 aliphatic heterocycles. The molecule has 7 heteroatoms. The Morgan fingerprint density at radius 2 is 2.12 bits per heavy atom. The van der Waals surface area contributed by atoms with Gasteiger partial charge in [-0.2, -0.15) is 0 Å². The minimum Gasteiger partial charge on any atom is -0.461 e. The van der Waals surface area contributed by atoms with Crippen LogP contribution in [-0.2, 0) is 4.74 Å². The van der Waals surface area contributed by atoms with Gasteiger partial charge in [0.25, 0.3) is 0 Å². The lowest BCUT2D eigenvalue weighted by Crippen LogP contribution is -2.16. The zero-order chi connectivity index (χ0) is 11.4. The summed E-state index contributed by atoms with van der Waals surface area (Å²) in [4.78, 5) is 15.5. The van der Waals surface area contributed by atoms with Crippen LogP contribution in [0, 0.1) is 5.92 Å². The van der Waals surface area contributed by atoms with Gasteiger partial charge in [0.05, 0.1) is 12.6 Å². The standard InChI is InChI=1S/C10H16N2O2S.2BrH/c1-4-14-10(13)7-5-15-9(12-7)8(11)6(2)3;;/h5-6,8H,4,11H2,1-3H3;2*1H. The van der Waals surface area contributed by atoms with Crippen molar-refractivity contribution in [1.82, 2.24) is 4.98 Å². The van der Waals surface area contributed by atoms with Crippen LogP contribution in [0.3, 0.4) is 0 Å². The number of rotatable bonds is 4. The molecule has 0 aromatic carbocycles. The number of aromatic nitrogens is 1. The molecule has 1 aromatic heterocycles. The first kappa shape index (κ1) is 19.4. The lowest BCUT2D eigenvalue weighted by Gasteiger charge is -2.11. The van der Waals surface area contributed by atoms with E-state index in [0.29, 0.717) is 18.2 Å². The van der Waals surface area contributed by atoms with E-state index in [9.17, 15) is 4.79 Å². The van der Waals surface area contributed by atoms with Gasteiger partial charge in [-0.25, -0.2) is 9.78 Å². The molecule has 0 radical (unpaired) electrons. The molecule has 0 saturated carbocycles. The maximum Gasteiger partial charge on any atom is 0.357 e. The number of esters is 1. The van der Waals surface area contributed by atoms with E-state index in [1.807, 2.05) is 13.8 Å². The Hall–Kier alpha value is 0.0200. The van der Waals surface area contributed by atoms with Crippen molar-refractivity contribution in [1.29, 1.82) is 0 Å². The highest BCUT2D eigenvalue weighted by molar-refractivity contribution is 8.93. The molecule has 2 N–H and O–H groups in total. The highest BCUT2D eigenvalue weighted by Gasteiger charge is 2.17. The summed E-state index contributed by atoms with van der Waals surface area (Å²) in [6.07, 6.45) is 0. The van der Waals surface area contributed by atoms with Crippen molar-refractivity contribution in [2.24, 2.45) is 11.7 Å². The fraction of sp³-hybridized carbons (Fsp3) is 0.600. The second-order valence-corrected chi connectivity index (χ2v) is 4.45. The average molecular weight is 390 g/mol. The molecule has 1 unspecified atom stereocenters. The summed E-state index contributed by atoms with van der Waals surface area (Å²) >= 11 is 1.40. The Morgan fingerprint density at radius 1 is 1.53 bits per heavy atom. The van der Waals surface area contributed by atoms with E-state index in [0.717, 1.165) is 5.01 Å². The molecule has 0 fully saturated rings. The van der Waals surface area contributed by atoms with Crippen LogP contribution in [0.25, 0.3) is 0 Å². The lowest BCUT2D eigenvalue weighted by atomic mass is 10.1. The van der Waals surface area contributed by atoms with Gasteiger partial charge in [0.1, 0.15) is 5.01 Å². The number of hydrogen-bond donors (Lipinski definition) is 1. The van der Waals surface area contributed by atoms with Crippen LogP contribution < -0.4 is 5.73 Å². The highest BCUT2D eigenvalue weighted by atomic mass is 79.9. The van der Waals surface area contributed by atoms with Crippen molar-refractivity contribution in [2.75, 3.05) is 6.61 Å². The molecule has 1 heterocycles. The molecule has 100 valence electrons. The molecule has 17 heavy (non-hydrogen) atoms. The Balaban J connectivity index is 0. The van der Waals surface area contributed by atoms with Gasteiger partial charge >= 0.3 is 5.97 Å². The third-order valence-corrected chi connectivity index (χ3v) is 2.96. The summed E-state index contributed by atoms with van der Waals surface area (Å²) in [5.74, 6) is -0.0675. The van der Waals surface area contributed by atoms with E-state index in [4.69, 9.17) is 10.5 Å². The van der Waals surface area contributed by atoms with Gasteiger partial charge in [-0.15, -0.1) is 45.3 Å². The van der Waals surface area contributed by atoms with Crippen molar-refractivity contribution in [3.8, 4) is 0 Å². The van der Waals surface area contributed by atoms with Crippen LogP contribution in [0.5, 0.6) is 0 Å². The number of carbonyl (C=O) groups excluding carboxylic acids is 1. The van der Waals surface area contributed by atoms with Gasteiger partial charge in [0, 0.05) is 5.38 Å². The van der Waals surface area contributed by atoms with Crippen LogP contribution in [0.4, 0.5) is 0 Å². The largest absolute Gasteiger partial charge is 0.461 e. The number of carbonyl (C=O) groups is 1. The monoisotopic (exact) mass is 388 g/mol. The molecule has 1 atom stereocenters. The minimum atomic E-state index is -0.379. The second-order valence-electron chi connectivity index (χ2n) is 3.56. The normalized spacial score (nSPS) is 11.4. The molecule has 0 saturated heterocycles. The topological polar surface area (TPSA) is 65.2 Å². The lowest BCUT2D eigenvalue weighted by molar-refractivity contribution is 0.0520. The van der Waals surface area contributed by atoms with Crippen molar-refractivity contribution >= 4 is 51.3 Å². The molecule has 1 rings (SSSR count). The van der Waals surface area contributed by atoms with E-state index in [2.05, 4.69) is 4.98 Å². The van der Waals surface area contributed by atoms with Gasteiger partial charge in [-0.3, -0.25) is 0 Å². The maximum absolute atomic E-state index is 11.3. The van der Waals surface area contributed by atoms with E-state index >= 15 is 0 Å². The number of halogens is 2. The van der Waals surface area contributed by atoms with Crippen molar-refractivity contribution in [3.63, 3.8) is 0 Å². The third-order valence-electron chi connectivity index (χ3n) is 2.01. The first-order chi connectivity index (χ1) is 7.06. The summed E-state index contributed by atoms with van der Waals surface area (Å²) in [5.41, 5.74) is 6.28. The molecule has 0 aliphatic carbocycles. The third kappa shape index (κ3) is 5.46. The van der Waals surface area contributed by atoms with Crippen molar-refractivity contribution in [2.45, 2.75) is 26.8 Å². The van der Waals surface area contributed by atoms with Crippen LogP contribution >= 0.6 is 45.3 Å². The predicted molar refractivity (Wildman–Crippen MR) is 80.5 cm³/mol. The minimum absolute atomic E-state index is 0. The Bertz CT molecular complexity index is 345. The Labute approximate surface area is 126 Å². The van der Waals surface area contributed by atoms with E-state index in [1.165, 1.54) is 11.3 Å². The smallest absolute Gasteiger partial charge is 0.357 e. The summed E-state index contributed by atoms with van der Waals surface area (Å²) < 4.78 is 4.85. The number of hydrogen-bond acceptors (Lipinski definition) is 5. The second kappa shape index (κ2) is 9.02. The zero-order valence-corrected chi connectivity index (χ0v) is 14.2. The molecule has 0 spiro atoms. The van der Waals surface area contributed by atoms with Crippen LogP contribution in [0.2, 0.25) is 0 Å². The fourth-order valence-electron chi connectivity index (χ4n) is 1.02. The summed E-state index contributed by atoms with van der Waals surface area (Å²) in [5, 5.41) is 2.48. The number of ether oxygens (including phenoxy) is 1. The SMILES string of the molecule is Br.Br.CCOC(=O)c1csc(C(N)C(C)C)n1. The molecule has 1 aromatic rings. The van der Waals surface area contributed by atoms with Gasteiger partial charge in [-0.05, 0) is 12.8 Å². The number of nitrogens with zero attached hydrogens (tertiary/aromatic N) is 1. The first-order valence-corrected chi connectivity index (χ1v) is 5.82. The Kier molecular flexibility index (Phi) is 10.3. The Morgan fingerprint density at radius 3 is 2.59 bits per heavy atom. The number of thiazole rings is 1. The van der Waals surface area contributed by atoms with E-state index in [1.54, 1.807) is 12.3 Å². The number of nitrogens with two attached hydrogens (primary N) is 1. The molecule has 4 nitrogen and oxygen atoms in total. The van der Waals surface area contributed by atoms with Crippen molar-refractivity contribution < 1.29 is 9.53 Å². The average Bonchev–Trinajstić information content (AvgIpc) is 2.65. The van der Waals surface area contributed by atoms with Crippen molar-refractivity contribution in [3.05, 3.63) is 16.1 Å². The van der Waals surface area contributed by atoms with Gasteiger partial charge in [-0.1, -0.05) is 13.8 Å².